The Morgan fingerprint density at radius 1 is 1.00 bits per heavy atom. The van der Waals surface area contributed by atoms with Gasteiger partial charge in [0.2, 0.25) is 0 Å². The van der Waals surface area contributed by atoms with Crippen LogP contribution in [0, 0.1) is 4.58 Å². The molecule has 14 heavy (non-hydrogen) atoms. The van der Waals surface area contributed by atoms with E-state index in [0.717, 1.165) is 0 Å². The van der Waals surface area contributed by atoms with Gasteiger partial charge in [-0.05, 0) is 0 Å². The van der Waals surface area contributed by atoms with Crippen LogP contribution < -0.4 is 0 Å². The van der Waals surface area contributed by atoms with Crippen LogP contribution in [-0.4, -0.2) is 48.2 Å². The third kappa shape index (κ3) is 3.19. The molecule has 0 saturated carbocycles. The van der Waals surface area contributed by atoms with E-state index in [0.29, 0.717) is 0 Å². The minimum absolute atomic E-state index is 2.25. The second kappa shape index (κ2) is 3.78. The van der Waals surface area contributed by atoms with Crippen molar-refractivity contribution in [1.29, 1.82) is 0 Å². The van der Waals surface area contributed by atoms with Gasteiger partial charge in [-0.1, -0.05) is 0 Å². The zero-order valence-corrected chi connectivity index (χ0v) is 7.86. The van der Waals surface area contributed by atoms with Crippen LogP contribution in [0.1, 0.15) is 0 Å². The molecular formula is C3H5O9S2. The van der Waals surface area contributed by atoms with Crippen LogP contribution in [0.25, 0.3) is 0 Å². The average molecular weight is 249 g/mol. The highest BCUT2D eigenvalue weighted by atomic mass is 32.3. The Morgan fingerprint density at radius 3 is 1.36 bits per heavy atom. The van der Waals surface area contributed by atoms with Crippen LogP contribution in [0.4, 0.5) is 0 Å². The summed E-state index contributed by atoms with van der Waals surface area (Å²) in [5, 5.41) is 16.6. The molecule has 1 atom stereocenters. The second-order valence-electron chi connectivity index (χ2n) is 2.01. The SMILES string of the molecule is O=C(O)C(O)[C](S(=O)(=O)O)S(=O)(=O)O. The van der Waals surface area contributed by atoms with Crippen LogP contribution in [0.5, 0.6) is 0 Å². The summed E-state index contributed by atoms with van der Waals surface area (Å²) < 4.78 is 55.2. The maximum absolute atomic E-state index is 10.3. The quantitative estimate of drug-likeness (QED) is 0.400. The van der Waals surface area contributed by atoms with Gasteiger partial charge < -0.3 is 10.2 Å². The number of rotatable bonds is 4. The highest BCUT2D eigenvalue weighted by Crippen LogP contribution is 2.20. The first kappa shape index (κ1) is 13.2. The summed E-state index contributed by atoms with van der Waals surface area (Å²) in [5.41, 5.74) is 0. The number of hydrogen-bond acceptors (Lipinski definition) is 6. The molecule has 0 aliphatic rings. The molecule has 0 aromatic carbocycles. The molecule has 0 aromatic rings. The summed E-state index contributed by atoms with van der Waals surface area (Å²) in [5.74, 6) is -2.25. The van der Waals surface area contributed by atoms with Crippen LogP contribution in [0.3, 0.4) is 0 Å². The Hall–Kier alpha value is -0.750. The summed E-state index contributed by atoms with van der Waals surface area (Å²) in [6, 6.07) is 0. The first-order valence-electron chi connectivity index (χ1n) is 2.70. The van der Waals surface area contributed by atoms with E-state index in [-0.39, 0.29) is 0 Å². The van der Waals surface area contributed by atoms with Gasteiger partial charge >= 0.3 is 5.97 Å². The Kier molecular flexibility index (Phi) is 3.58. The van der Waals surface area contributed by atoms with Gasteiger partial charge in [-0.25, -0.2) is 4.79 Å². The molecule has 4 N–H and O–H groups in total. The van der Waals surface area contributed by atoms with Gasteiger partial charge in [0.25, 0.3) is 24.8 Å². The van der Waals surface area contributed by atoms with E-state index < -0.39 is 36.9 Å². The summed E-state index contributed by atoms with van der Waals surface area (Å²) in [6.45, 7) is 0. The van der Waals surface area contributed by atoms with Crippen molar-refractivity contribution in [3.63, 3.8) is 0 Å². The first-order chi connectivity index (χ1) is 5.98. The summed E-state index contributed by atoms with van der Waals surface area (Å²) in [7, 11) is -11.0. The molecule has 0 heterocycles. The molecule has 9 nitrogen and oxygen atoms in total. The zero-order valence-electron chi connectivity index (χ0n) is 6.22. The van der Waals surface area contributed by atoms with E-state index in [2.05, 4.69) is 0 Å². The lowest BCUT2D eigenvalue weighted by Gasteiger charge is -2.11. The fourth-order valence-corrected chi connectivity index (χ4v) is 2.35. The molecule has 0 bridgehead atoms. The van der Waals surface area contributed by atoms with Crippen molar-refractivity contribution in [2.24, 2.45) is 0 Å². The number of carboxylic acids is 1. The van der Waals surface area contributed by atoms with Gasteiger partial charge in [0.1, 0.15) is 0 Å². The number of carboxylic acid groups (broad SMARTS) is 1. The third-order valence-corrected chi connectivity index (χ3v) is 3.69. The molecule has 1 unspecified atom stereocenters. The largest absolute Gasteiger partial charge is 0.479 e. The highest BCUT2D eigenvalue weighted by Gasteiger charge is 2.47. The Morgan fingerprint density at radius 2 is 1.29 bits per heavy atom. The fourth-order valence-electron chi connectivity index (χ4n) is 0.516. The van der Waals surface area contributed by atoms with Gasteiger partial charge in [0, 0.05) is 0 Å². The first-order valence-corrected chi connectivity index (χ1v) is 5.58. The predicted molar refractivity (Wildman–Crippen MR) is 40.0 cm³/mol. The summed E-state index contributed by atoms with van der Waals surface area (Å²) in [4.78, 5) is 10.0. The van der Waals surface area contributed by atoms with Crippen LogP contribution >= 0.6 is 0 Å². The Bertz CT molecular complexity index is 383. The number of hydrogen-bond donors (Lipinski definition) is 4. The molecule has 0 spiro atoms. The molecule has 0 rings (SSSR count). The van der Waals surface area contributed by atoms with E-state index in [1.165, 1.54) is 0 Å². The molecule has 0 saturated heterocycles. The molecule has 83 valence electrons. The predicted octanol–water partition coefficient (Wildman–Crippen LogP) is -2.30. The van der Waals surface area contributed by atoms with Gasteiger partial charge in [0.05, 0.1) is 0 Å². The number of aliphatic hydroxyl groups is 1. The van der Waals surface area contributed by atoms with Crippen molar-refractivity contribution < 1.29 is 40.9 Å². The monoisotopic (exact) mass is 249 g/mol. The number of aliphatic hydroxyl groups excluding tert-OH is 1. The molecule has 0 fully saturated rings. The molecule has 11 heteroatoms. The average Bonchev–Trinajstić information content (AvgIpc) is 1.79. The lowest BCUT2D eigenvalue weighted by molar-refractivity contribution is -0.144. The minimum atomic E-state index is -5.52. The lowest BCUT2D eigenvalue weighted by atomic mass is 10.4. The fraction of sp³-hybridized carbons (Fsp3) is 0.333. The van der Waals surface area contributed by atoms with E-state index in [1.807, 2.05) is 0 Å². The summed E-state index contributed by atoms with van der Waals surface area (Å²) >= 11 is 0. The van der Waals surface area contributed by atoms with Crippen LogP contribution in [0.15, 0.2) is 0 Å². The van der Waals surface area contributed by atoms with Crippen LogP contribution in [-0.2, 0) is 25.0 Å². The van der Waals surface area contributed by atoms with E-state index in [4.69, 9.17) is 19.3 Å². The standard InChI is InChI=1S/C3H5O9S2/c4-1(2(5)6)3(13(7,8)9)14(10,11)12/h1,4H,(H,5,6)(H,7,8,9)(H,10,11,12). The topological polar surface area (TPSA) is 166 Å². The maximum Gasteiger partial charge on any atom is 0.335 e. The maximum atomic E-state index is 10.3. The Balaban J connectivity index is 5.49. The molecular weight excluding hydrogens is 244 g/mol. The molecule has 0 aliphatic heterocycles. The van der Waals surface area contributed by atoms with Crippen molar-refractivity contribution in [2.75, 3.05) is 0 Å². The van der Waals surface area contributed by atoms with E-state index >= 15 is 0 Å². The third-order valence-electron chi connectivity index (χ3n) is 0.966. The zero-order chi connectivity index (χ0) is 11.7. The molecule has 1 radical (unpaired) electrons. The van der Waals surface area contributed by atoms with Crippen molar-refractivity contribution in [2.45, 2.75) is 6.10 Å². The van der Waals surface area contributed by atoms with E-state index in [9.17, 15) is 21.6 Å². The van der Waals surface area contributed by atoms with Crippen LogP contribution in [0.2, 0.25) is 0 Å². The smallest absolute Gasteiger partial charge is 0.335 e. The molecule has 0 amide bonds. The Labute approximate surface area is 78.5 Å². The van der Waals surface area contributed by atoms with Gasteiger partial charge in [0.15, 0.2) is 6.10 Å². The van der Waals surface area contributed by atoms with Gasteiger partial charge in [-0.15, -0.1) is 0 Å². The highest BCUT2D eigenvalue weighted by molar-refractivity contribution is 8.07. The van der Waals surface area contributed by atoms with E-state index in [1.54, 1.807) is 0 Å². The van der Waals surface area contributed by atoms with Crippen molar-refractivity contribution >= 4 is 26.2 Å². The lowest BCUT2D eigenvalue weighted by Crippen LogP contribution is -2.37. The number of carbonyl (C=O) groups is 1. The minimum Gasteiger partial charge on any atom is -0.479 e. The van der Waals surface area contributed by atoms with Crippen molar-refractivity contribution in [3.05, 3.63) is 4.58 Å². The second-order valence-corrected chi connectivity index (χ2v) is 5.05. The van der Waals surface area contributed by atoms with Crippen molar-refractivity contribution in [3.8, 4) is 0 Å². The summed E-state index contributed by atoms with van der Waals surface area (Å²) in [6.07, 6.45) is -3.06. The number of aliphatic carboxylic acids is 1. The van der Waals surface area contributed by atoms with Gasteiger partial charge in [-0.3, -0.25) is 9.11 Å². The molecule has 0 aliphatic carbocycles. The molecule has 0 aromatic heterocycles. The van der Waals surface area contributed by atoms with Gasteiger partial charge in [-0.2, -0.15) is 16.8 Å². The normalized spacial score (nSPS) is 15.4. The van der Waals surface area contributed by atoms with Crippen molar-refractivity contribution in [1.82, 2.24) is 0 Å².